The maximum absolute atomic E-state index is 12.9. The molecule has 0 aliphatic rings. The number of furan rings is 1. The predicted octanol–water partition coefficient (Wildman–Crippen LogP) is 3.91. The summed E-state index contributed by atoms with van der Waals surface area (Å²) < 4.78 is 17.8. The van der Waals surface area contributed by atoms with E-state index in [1.165, 1.54) is 29.4 Å². The summed E-state index contributed by atoms with van der Waals surface area (Å²) in [6.45, 7) is 1.86. The van der Waals surface area contributed by atoms with Crippen LogP contribution < -0.4 is 0 Å². The molecule has 0 N–H and O–H groups in total. The van der Waals surface area contributed by atoms with E-state index in [1.54, 1.807) is 19.2 Å². The molecule has 5 heteroatoms. The van der Waals surface area contributed by atoms with Crippen LogP contribution in [0.4, 0.5) is 4.39 Å². The van der Waals surface area contributed by atoms with Crippen LogP contribution in [-0.4, -0.2) is 17.9 Å². The lowest BCUT2D eigenvalue weighted by molar-refractivity contribution is 0.0742. The molecular weight excluding hydrogens is 269 g/mol. The lowest BCUT2D eigenvalue weighted by Crippen LogP contribution is -2.29. The standard InChI is InChI=1S/C14H13ClFNO2/c1-9(10-3-5-11(16)6-4-10)17(2)14(18)12-7-8-19-13(12)15/h3-9H,1-2H3. The zero-order valence-electron chi connectivity index (χ0n) is 10.6. The summed E-state index contributed by atoms with van der Waals surface area (Å²) in [6.07, 6.45) is 1.37. The normalized spacial score (nSPS) is 12.2. The van der Waals surface area contributed by atoms with Gasteiger partial charge in [-0.05, 0) is 42.3 Å². The second kappa shape index (κ2) is 5.45. The van der Waals surface area contributed by atoms with E-state index in [1.807, 2.05) is 6.92 Å². The van der Waals surface area contributed by atoms with Crippen LogP contribution in [0.1, 0.15) is 28.9 Å². The molecule has 3 nitrogen and oxygen atoms in total. The van der Waals surface area contributed by atoms with Crippen molar-refractivity contribution in [2.24, 2.45) is 0 Å². The minimum absolute atomic E-state index is 0.0724. The molecule has 1 heterocycles. The van der Waals surface area contributed by atoms with Gasteiger partial charge in [-0.2, -0.15) is 0 Å². The molecule has 1 unspecified atom stereocenters. The maximum Gasteiger partial charge on any atom is 0.258 e. The van der Waals surface area contributed by atoms with E-state index in [-0.39, 0.29) is 23.0 Å². The summed E-state index contributed by atoms with van der Waals surface area (Å²) in [7, 11) is 1.67. The Hall–Kier alpha value is -1.81. The Labute approximate surface area is 115 Å². The first kappa shape index (κ1) is 13.6. The molecule has 100 valence electrons. The summed E-state index contributed by atoms with van der Waals surface area (Å²) in [5.41, 5.74) is 1.16. The van der Waals surface area contributed by atoms with Crippen molar-refractivity contribution in [3.8, 4) is 0 Å². The fourth-order valence-electron chi connectivity index (χ4n) is 1.78. The second-order valence-electron chi connectivity index (χ2n) is 4.25. The first-order chi connectivity index (χ1) is 9.00. The third kappa shape index (κ3) is 2.79. The smallest absolute Gasteiger partial charge is 0.258 e. The van der Waals surface area contributed by atoms with E-state index >= 15 is 0 Å². The van der Waals surface area contributed by atoms with Crippen molar-refractivity contribution in [2.75, 3.05) is 7.05 Å². The maximum atomic E-state index is 12.9. The molecular formula is C14H13ClFNO2. The summed E-state index contributed by atoms with van der Waals surface area (Å²) in [5.74, 6) is -0.543. The molecule has 19 heavy (non-hydrogen) atoms. The van der Waals surface area contributed by atoms with Crippen molar-refractivity contribution in [3.05, 3.63) is 58.8 Å². The van der Waals surface area contributed by atoms with Crippen molar-refractivity contribution in [2.45, 2.75) is 13.0 Å². The molecule has 0 saturated carbocycles. The summed E-state index contributed by atoms with van der Waals surface area (Å²) in [4.78, 5) is 13.7. The van der Waals surface area contributed by atoms with Crippen LogP contribution in [0.2, 0.25) is 5.22 Å². The number of halogens is 2. The number of benzene rings is 1. The molecule has 0 bridgehead atoms. The van der Waals surface area contributed by atoms with E-state index in [4.69, 9.17) is 16.0 Å². The van der Waals surface area contributed by atoms with Gasteiger partial charge in [0, 0.05) is 7.05 Å². The molecule has 1 aromatic heterocycles. The molecule has 1 amide bonds. The number of carbonyl (C=O) groups is 1. The number of amides is 1. The van der Waals surface area contributed by atoms with Crippen LogP contribution in [0.25, 0.3) is 0 Å². The van der Waals surface area contributed by atoms with E-state index in [2.05, 4.69) is 0 Å². The van der Waals surface area contributed by atoms with Crippen molar-refractivity contribution in [3.63, 3.8) is 0 Å². The Morgan fingerprint density at radius 3 is 2.47 bits per heavy atom. The first-order valence-corrected chi connectivity index (χ1v) is 6.14. The first-order valence-electron chi connectivity index (χ1n) is 5.76. The molecule has 0 aliphatic carbocycles. The number of rotatable bonds is 3. The highest BCUT2D eigenvalue weighted by atomic mass is 35.5. The third-order valence-corrected chi connectivity index (χ3v) is 3.39. The van der Waals surface area contributed by atoms with E-state index in [9.17, 15) is 9.18 Å². The fourth-order valence-corrected chi connectivity index (χ4v) is 1.97. The van der Waals surface area contributed by atoms with Gasteiger partial charge in [0.05, 0.1) is 17.9 Å². The topological polar surface area (TPSA) is 33.5 Å². The fraction of sp³-hybridized carbons (Fsp3) is 0.214. The molecule has 0 aliphatic heterocycles. The number of nitrogens with zero attached hydrogens (tertiary/aromatic N) is 1. The zero-order chi connectivity index (χ0) is 14.0. The largest absolute Gasteiger partial charge is 0.452 e. The van der Waals surface area contributed by atoms with Crippen LogP contribution in [-0.2, 0) is 0 Å². The average molecular weight is 282 g/mol. The third-order valence-electron chi connectivity index (χ3n) is 3.10. The lowest BCUT2D eigenvalue weighted by Gasteiger charge is -2.25. The van der Waals surface area contributed by atoms with Gasteiger partial charge in [-0.1, -0.05) is 12.1 Å². The van der Waals surface area contributed by atoms with Crippen molar-refractivity contribution < 1.29 is 13.6 Å². The molecule has 2 aromatic rings. The van der Waals surface area contributed by atoms with E-state index < -0.39 is 0 Å². The van der Waals surface area contributed by atoms with Gasteiger partial charge in [0.15, 0.2) is 0 Å². The number of carbonyl (C=O) groups excluding carboxylic acids is 1. The van der Waals surface area contributed by atoms with Gasteiger partial charge in [0.1, 0.15) is 5.82 Å². The second-order valence-corrected chi connectivity index (χ2v) is 4.59. The SMILES string of the molecule is CC(c1ccc(F)cc1)N(C)C(=O)c1ccoc1Cl. The molecule has 0 radical (unpaired) electrons. The Balaban J connectivity index is 2.19. The van der Waals surface area contributed by atoms with Gasteiger partial charge in [0.2, 0.25) is 5.22 Å². The average Bonchev–Trinajstić information content (AvgIpc) is 2.83. The monoisotopic (exact) mass is 281 g/mol. The summed E-state index contributed by atoms with van der Waals surface area (Å²) in [6, 6.07) is 7.38. The Kier molecular flexibility index (Phi) is 3.90. The van der Waals surface area contributed by atoms with E-state index in [0.29, 0.717) is 5.56 Å². The molecule has 0 saturated heterocycles. The highest BCUT2D eigenvalue weighted by Crippen LogP contribution is 2.24. The highest BCUT2D eigenvalue weighted by Gasteiger charge is 2.22. The van der Waals surface area contributed by atoms with Crippen LogP contribution in [0.5, 0.6) is 0 Å². The Morgan fingerprint density at radius 2 is 1.95 bits per heavy atom. The van der Waals surface area contributed by atoms with Gasteiger partial charge < -0.3 is 9.32 Å². The van der Waals surface area contributed by atoms with Crippen molar-refractivity contribution in [1.82, 2.24) is 4.90 Å². The summed E-state index contributed by atoms with van der Waals surface area (Å²) in [5, 5.41) is 0.0724. The minimum atomic E-state index is -0.303. The van der Waals surface area contributed by atoms with Gasteiger partial charge in [0.25, 0.3) is 5.91 Å². The zero-order valence-corrected chi connectivity index (χ0v) is 11.3. The molecule has 1 atom stereocenters. The Morgan fingerprint density at radius 1 is 1.32 bits per heavy atom. The predicted molar refractivity (Wildman–Crippen MR) is 70.6 cm³/mol. The highest BCUT2D eigenvalue weighted by molar-refractivity contribution is 6.32. The summed E-state index contributed by atoms with van der Waals surface area (Å²) >= 11 is 5.79. The molecule has 1 aromatic carbocycles. The van der Waals surface area contributed by atoms with Gasteiger partial charge in [-0.3, -0.25) is 4.79 Å². The number of hydrogen-bond acceptors (Lipinski definition) is 2. The Bertz CT molecular complexity index is 579. The van der Waals surface area contributed by atoms with Gasteiger partial charge >= 0.3 is 0 Å². The van der Waals surface area contributed by atoms with Crippen LogP contribution in [0, 0.1) is 5.82 Å². The van der Waals surface area contributed by atoms with Crippen LogP contribution >= 0.6 is 11.6 Å². The van der Waals surface area contributed by atoms with Crippen molar-refractivity contribution in [1.29, 1.82) is 0 Å². The number of hydrogen-bond donors (Lipinski definition) is 0. The van der Waals surface area contributed by atoms with Crippen LogP contribution in [0.3, 0.4) is 0 Å². The minimum Gasteiger partial charge on any atom is -0.452 e. The van der Waals surface area contributed by atoms with Gasteiger partial charge in [-0.15, -0.1) is 0 Å². The molecule has 2 rings (SSSR count). The van der Waals surface area contributed by atoms with Crippen LogP contribution in [0.15, 0.2) is 41.0 Å². The quantitative estimate of drug-likeness (QED) is 0.855. The van der Waals surface area contributed by atoms with Crippen molar-refractivity contribution >= 4 is 17.5 Å². The molecule has 0 spiro atoms. The van der Waals surface area contributed by atoms with Gasteiger partial charge in [-0.25, -0.2) is 4.39 Å². The van der Waals surface area contributed by atoms with E-state index in [0.717, 1.165) is 5.56 Å². The molecule has 0 fully saturated rings. The lowest BCUT2D eigenvalue weighted by atomic mass is 10.1.